The summed E-state index contributed by atoms with van der Waals surface area (Å²) in [5.41, 5.74) is 1.85. The van der Waals surface area contributed by atoms with Gasteiger partial charge in [-0.1, -0.05) is 30.3 Å². The summed E-state index contributed by atoms with van der Waals surface area (Å²) in [5.74, 6) is 0.950. The quantitative estimate of drug-likeness (QED) is 0.564. The molecule has 2 heterocycles. The molecule has 0 aliphatic carbocycles. The minimum atomic E-state index is -3.29. The van der Waals surface area contributed by atoms with Crippen molar-refractivity contribution < 1.29 is 13.2 Å². The van der Waals surface area contributed by atoms with E-state index >= 15 is 0 Å². The highest BCUT2D eigenvalue weighted by molar-refractivity contribution is 7.89. The van der Waals surface area contributed by atoms with Crippen molar-refractivity contribution in [3.63, 3.8) is 0 Å². The molecule has 4 rings (SSSR count). The fourth-order valence-electron chi connectivity index (χ4n) is 3.57. The van der Waals surface area contributed by atoms with Crippen molar-refractivity contribution in [2.24, 2.45) is 0 Å². The Balaban J connectivity index is 1.24. The Morgan fingerprint density at radius 3 is 2.41 bits per heavy atom. The Morgan fingerprint density at radius 1 is 0.897 bits per heavy atom. The molecule has 1 saturated heterocycles. The highest BCUT2D eigenvalue weighted by atomic mass is 32.2. The normalized spacial score (nSPS) is 16.3. The summed E-state index contributed by atoms with van der Waals surface area (Å²) < 4.78 is 34.8. The first-order valence-corrected chi connectivity index (χ1v) is 11.5. The van der Waals surface area contributed by atoms with Crippen molar-refractivity contribution in [2.75, 3.05) is 45.1 Å². The maximum Gasteiger partial charge on any atom is 0.215 e. The third-order valence-corrected chi connectivity index (χ3v) is 7.11. The molecule has 0 N–H and O–H groups in total. The predicted octanol–water partition coefficient (Wildman–Crippen LogP) is 2.06. The predicted molar refractivity (Wildman–Crippen MR) is 113 cm³/mol. The van der Waals surface area contributed by atoms with Crippen LogP contribution in [0.5, 0.6) is 5.75 Å². The summed E-state index contributed by atoms with van der Waals surface area (Å²) in [6.45, 7) is 4.32. The van der Waals surface area contributed by atoms with E-state index in [1.165, 1.54) is 0 Å². The molecule has 0 unspecified atom stereocenters. The number of aromatic nitrogens is 2. The molecular weight excluding hydrogens is 388 g/mol. The van der Waals surface area contributed by atoms with Crippen LogP contribution in [0.2, 0.25) is 0 Å². The average Bonchev–Trinajstić information content (AvgIpc) is 3.17. The van der Waals surface area contributed by atoms with E-state index in [9.17, 15) is 8.42 Å². The van der Waals surface area contributed by atoms with Gasteiger partial charge in [-0.3, -0.25) is 4.90 Å². The second kappa shape index (κ2) is 8.94. The van der Waals surface area contributed by atoms with Crippen molar-refractivity contribution >= 4 is 21.1 Å². The van der Waals surface area contributed by atoms with Crippen LogP contribution in [0.1, 0.15) is 0 Å². The zero-order chi connectivity index (χ0) is 20.1. The second-order valence-corrected chi connectivity index (χ2v) is 9.23. The van der Waals surface area contributed by atoms with Crippen LogP contribution in [0.15, 0.2) is 60.9 Å². The van der Waals surface area contributed by atoms with Crippen LogP contribution in [0, 0.1) is 0 Å². The summed E-state index contributed by atoms with van der Waals surface area (Å²) >= 11 is 0. The molecule has 7 nitrogen and oxygen atoms in total. The molecule has 1 aliphatic rings. The molecule has 0 spiro atoms. The lowest BCUT2D eigenvalue weighted by Gasteiger charge is -2.33. The van der Waals surface area contributed by atoms with Gasteiger partial charge in [0.05, 0.1) is 23.1 Å². The molecule has 1 aromatic heterocycles. The fraction of sp³-hybridized carbons (Fsp3) is 0.381. The molecule has 3 aromatic rings. The number of hydrogen-bond donors (Lipinski definition) is 0. The molecule has 0 saturated carbocycles. The van der Waals surface area contributed by atoms with Crippen LogP contribution in [-0.4, -0.2) is 72.3 Å². The number of imidazole rings is 1. The van der Waals surface area contributed by atoms with E-state index in [1.807, 2.05) is 59.2 Å². The lowest BCUT2D eigenvalue weighted by atomic mass is 10.3. The first-order valence-electron chi connectivity index (χ1n) is 9.90. The Labute approximate surface area is 171 Å². The van der Waals surface area contributed by atoms with Crippen LogP contribution in [0.4, 0.5) is 0 Å². The first kappa shape index (κ1) is 19.9. The van der Waals surface area contributed by atoms with Gasteiger partial charge >= 0.3 is 0 Å². The number of piperazine rings is 1. The Kier molecular flexibility index (Phi) is 6.13. The summed E-state index contributed by atoms with van der Waals surface area (Å²) in [5, 5.41) is 0. The van der Waals surface area contributed by atoms with E-state index in [4.69, 9.17) is 4.74 Å². The van der Waals surface area contributed by atoms with Gasteiger partial charge in [0.15, 0.2) is 0 Å². The van der Waals surface area contributed by atoms with Gasteiger partial charge in [-0.25, -0.2) is 13.4 Å². The molecule has 0 bridgehead atoms. The minimum absolute atomic E-state index is 0.0878. The lowest BCUT2D eigenvalue weighted by molar-refractivity contribution is 0.159. The summed E-state index contributed by atoms with van der Waals surface area (Å²) in [6.07, 6.45) is 1.71. The van der Waals surface area contributed by atoms with Crippen molar-refractivity contribution in [1.29, 1.82) is 0 Å². The van der Waals surface area contributed by atoms with Crippen LogP contribution in [0.3, 0.4) is 0 Å². The van der Waals surface area contributed by atoms with Crippen molar-refractivity contribution in [1.82, 2.24) is 18.8 Å². The molecule has 29 heavy (non-hydrogen) atoms. The first-order chi connectivity index (χ1) is 14.1. The zero-order valence-electron chi connectivity index (χ0n) is 16.4. The zero-order valence-corrected chi connectivity index (χ0v) is 17.2. The lowest BCUT2D eigenvalue weighted by Crippen LogP contribution is -2.50. The topological polar surface area (TPSA) is 67.7 Å². The number of nitrogens with zero attached hydrogens (tertiary/aromatic N) is 4. The molecule has 0 radical (unpaired) electrons. The largest absolute Gasteiger partial charge is 0.492 e. The fourth-order valence-corrected chi connectivity index (χ4v) is 4.98. The maximum absolute atomic E-state index is 12.8. The van der Waals surface area contributed by atoms with Gasteiger partial charge in [-0.15, -0.1) is 0 Å². The minimum Gasteiger partial charge on any atom is -0.492 e. The van der Waals surface area contributed by atoms with Gasteiger partial charge in [0.1, 0.15) is 12.4 Å². The molecule has 1 fully saturated rings. The number of ether oxygens (including phenoxy) is 1. The maximum atomic E-state index is 12.8. The number of fused-ring (bicyclic) bond motifs is 1. The number of para-hydroxylation sites is 3. The Bertz CT molecular complexity index is 1030. The number of benzene rings is 2. The average molecular weight is 415 g/mol. The van der Waals surface area contributed by atoms with E-state index in [1.54, 1.807) is 10.6 Å². The molecule has 8 heteroatoms. The highest BCUT2D eigenvalue weighted by Gasteiger charge is 2.26. The number of hydrogen-bond acceptors (Lipinski definition) is 5. The van der Waals surface area contributed by atoms with Gasteiger partial charge in [0.2, 0.25) is 10.0 Å². The molecule has 0 amide bonds. The summed E-state index contributed by atoms with van der Waals surface area (Å²) in [4.78, 5) is 6.58. The molecule has 2 aromatic carbocycles. The second-order valence-electron chi connectivity index (χ2n) is 7.14. The van der Waals surface area contributed by atoms with Crippen LogP contribution in [0.25, 0.3) is 11.0 Å². The van der Waals surface area contributed by atoms with Gasteiger partial charge in [-0.2, -0.15) is 4.31 Å². The van der Waals surface area contributed by atoms with Crippen LogP contribution >= 0.6 is 0 Å². The summed E-state index contributed by atoms with van der Waals surface area (Å²) in [7, 11) is -3.29. The van der Waals surface area contributed by atoms with Gasteiger partial charge in [0.25, 0.3) is 0 Å². The van der Waals surface area contributed by atoms with Crippen molar-refractivity contribution in [3.05, 3.63) is 60.9 Å². The van der Waals surface area contributed by atoms with E-state index < -0.39 is 10.0 Å². The number of sulfonamides is 1. The molecular formula is C21H26N4O3S. The number of rotatable bonds is 8. The SMILES string of the molecule is O=S(=O)(CCn1cnc2ccccc21)N1CCN(CCOc2ccccc2)CC1. The van der Waals surface area contributed by atoms with Crippen molar-refractivity contribution in [3.8, 4) is 5.75 Å². The van der Waals surface area contributed by atoms with E-state index in [0.29, 0.717) is 26.2 Å². The Morgan fingerprint density at radius 2 is 1.62 bits per heavy atom. The van der Waals surface area contributed by atoms with Gasteiger partial charge in [-0.05, 0) is 24.3 Å². The molecule has 0 atom stereocenters. The monoisotopic (exact) mass is 414 g/mol. The third kappa shape index (κ3) is 4.95. The summed E-state index contributed by atoms with van der Waals surface area (Å²) in [6, 6.07) is 17.5. The van der Waals surface area contributed by atoms with E-state index in [-0.39, 0.29) is 5.75 Å². The molecule has 1 aliphatic heterocycles. The van der Waals surface area contributed by atoms with E-state index in [2.05, 4.69) is 9.88 Å². The third-order valence-electron chi connectivity index (χ3n) is 5.26. The molecule has 154 valence electrons. The van der Waals surface area contributed by atoms with E-state index in [0.717, 1.165) is 36.4 Å². The van der Waals surface area contributed by atoms with Gasteiger partial charge in [0, 0.05) is 39.3 Å². The van der Waals surface area contributed by atoms with Crippen LogP contribution < -0.4 is 4.74 Å². The smallest absolute Gasteiger partial charge is 0.215 e. The van der Waals surface area contributed by atoms with Gasteiger partial charge < -0.3 is 9.30 Å². The highest BCUT2D eigenvalue weighted by Crippen LogP contribution is 2.14. The Hall–Kier alpha value is -2.42. The van der Waals surface area contributed by atoms with Crippen LogP contribution in [-0.2, 0) is 16.6 Å². The van der Waals surface area contributed by atoms with Crippen molar-refractivity contribution in [2.45, 2.75) is 6.54 Å². The number of aryl methyl sites for hydroxylation is 1. The standard InChI is InChI=1S/C21H26N4O3S/c26-29(27,17-15-24-18-22-20-8-4-5-9-21(20)24)25-12-10-23(11-13-25)14-16-28-19-6-2-1-3-7-19/h1-9,18H,10-17H2.